The van der Waals surface area contributed by atoms with Crippen LogP contribution in [0, 0.1) is 17.2 Å². The average molecular weight is 367 g/mol. The minimum atomic E-state index is -0.295. The minimum absolute atomic E-state index is 0.0504. The highest BCUT2D eigenvalue weighted by molar-refractivity contribution is 5.84. The third kappa shape index (κ3) is 3.38. The molecular weight excluding hydrogens is 346 g/mol. The van der Waals surface area contributed by atoms with Crippen molar-refractivity contribution in [3.63, 3.8) is 0 Å². The van der Waals surface area contributed by atoms with Gasteiger partial charge >= 0.3 is 5.97 Å². The number of hydrogen-bond donors (Lipinski definition) is 2. The van der Waals surface area contributed by atoms with Crippen molar-refractivity contribution in [2.75, 3.05) is 19.5 Å². The summed E-state index contributed by atoms with van der Waals surface area (Å²) in [7, 11) is 1.49. The third-order valence-corrected chi connectivity index (χ3v) is 4.78. The highest BCUT2D eigenvalue weighted by atomic mass is 16.5. The van der Waals surface area contributed by atoms with E-state index in [1.165, 1.54) is 19.2 Å². The number of fused-ring (bicyclic) bond motifs is 1. The summed E-state index contributed by atoms with van der Waals surface area (Å²) in [6, 6.07) is 6.80. The molecule has 0 radical (unpaired) electrons. The number of aryl methyl sites for hydroxylation is 1. The van der Waals surface area contributed by atoms with E-state index in [4.69, 9.17) is 15.2 Å². The molecule has 140 valence electrons. The zero-order valence-electron chi connectivity index (χ0n) is 15.3. The molecule has 27 heavy (non-hydrogen) atoms. The van der Waals surface area contributed by atoms with Gasteiger partial charge < -0.3 is 20.3 Å². The van der Waals surface area contributed by atoms with Gasteiger partial charge in [0.15, 0.2) is 0 Å². The van der Waals surface area contributed by atoms with E-state index < -0.39 is 0 Å². The predicted octanol–water partition coefficient (Wildman–Crippen LogP) is 2.58. The highest BCUT2D eigenvalue weighted by Crippen LogP contribution is 2.42. The number of aromatic nitrogens is 1. The summed E-state index contributed by atoms with van der Waals surface area (Å²) >= 11 is 0. The number of nitrogens with two attached hydrogens (primary N) is 1. The van der Waals surface area contributed by atoms with Gasteiger partial charge in [0, 0.05) is 22.9 Å². The molecule has 3 N–H and O–H groups in total. The van der Waals surface area contributed by atoms with Crippen LogP contribution in [0.3, 0.4) is 0 Å². The number of anilines is 1. The van der Waals surface area contributed by atoms with Crippen molar-refractivity contribution >= 4 is 11.8 Å². The van der Waals surface area contributed by atoms with Gasteiger partial charge in [-0.2, -0.15) is 5.26 Å². The van der Waals surface area contributed by atoms with Crippen LogP contribution in [0.15, 0.2) is 18.2 Å². The second-order valence-corrected chi connectivity index (χ2v) is 6.36. The van der Waals surface area contributed by atoms with Crippen LogP contribution in [0.4, 0.5) is 5.82 Å². The monoisotopic (exact) mass is 367 g/mol. The van der Waals surface area contributed by atoms with Crippen LogP contribution in [0.2, 0.25) is 0 Å². The van der Waals surface area contributed by atoms with Gasteiger partial charge in [-0.15, -0.1) is 0 Å². The largest absolute Gasteiger partial charge is 0.508 e. The number of methoxy groups -OCH3 is 1. The SMILES string of the molecule is CCOC(=O)[C@H]1CCc2nc(N)c(C#N)c(-c3ccc(O)cc3OC)c2C1. The third-order valence-electron chi connectivity index (χ3n) is 4.78. The van der Waals surface area contributed by atoms with Gasteiger partial charge in [0.1, 0.15) is 28.9 Å². The van der Waals surface area contributed by atoms with Crippen molar-refractivity contribution in [3.05, 3.63) is 35.0 Å². The van der Waals surface area contributed by atoms with Gasteiger partial charge in [0.25, 0.3) is 0 Å². The first-order chi connectivity index (χ1) is 13.0. The maximum Gasteiger partial charge on any atom is 0.309 e. The lowest BCUT2D eigenvalue weighted by molar-refractivity contribution is -0.148. The molecule has 0 saturated heterocycles. The van der Waals surface area contributed by atoms with Gasteiger partial charge in [-0.3, -0.25) is 4.79 Å². The Hall–Kier alpha value is -3.27. The molecule has 0 spiro atoms. The van der Waals surface area contributed by atoms with E-state index in [-0.39, 0.29) is 29.0 Å². The van der Waals surface area contributed by atoms with Gasteiger partial charge in [-0.25, -0.2) is 4.98 Å². The quantitative estimate of drug-likeness (QED) is 0.797. The number of phenolic OH excluding ortho intramolecular Hbond substituents is 1. The Kier molecular flexibility index (Phi) is 5.17. The summed E-state index contributed by atoms with van der Waals surface area (Å²) in [5.74, 6) is 0.0707. The van der Waals surface area contributed by atoms with Gasteiger partial charge in [-0.1, -0.05) is 0 Å². The minimum Gasteiger partial charge on any atom is -0.508 e. The Labute approximate surface area is 157 Å². The van der Waals surface area contributed by atoms with E-state index in [9.17, 15) is 15.2 Å². The highest BCUT2D eigenvalue weighted by Gasteiger charge is 2.31. The molecule has 0 bridgehead atoms. The molecule has 2 aromatic rings. The molecule has 3 rings (SSSR count). The molecule has 0 amide bonds. The Morgan fingerprint density at radius 3 is 2.93 bits per heavy atom. The number of nitrogens with zero attached hydrogens (tertiary/aromatic N) is 2. The maximum atomic E-state index is 12.3. The normalized spacial score (nSPS) is 15.5. The molecule has 1 atom stereocenters. The van der Waals surface area contributed by atoms with E-state index in [0.717, 1.165) is 11.3 Å². The zero-order valence-corrected chi connectivity index (χ0v) is 15.3. The fourth-order valence-corrected chi connectivity index (χ4v) is 3.54. The number of carbonyl (C=O) groups is 1. The van der Waals surface area contributed by atoms with Crippen molar-refractivity contribution in [1.82, 2.24) is 4.98 Å². The van der Waals surface area contributed by atoms with E-state index in [2.05, 4.69) is 11.1 Å². The molecule has 1 aromatic carbocycles. The number of esters is 1. The smallest absolute Gasteiger partial charge is 0.309 e. The van der Waals surface area contributed by atoms with Crippen LogP contribution in [0.1, 0.15) is 30.2 Å². The second kappa shape index (κ2) is 7.54. The van der Waals surface area contributed by atoms with Crippen LogP contribution in [-0.4, -0.2) is 29.8 Å². The van der Waals surface area contributed by atoms with Crippen molar-refractivity contribution < 1.29 is 19.4 Å². The van der Waals surface area contributed by atoms with Crippen LogP contribution in [-0.2, 0) is 22.4 Å². The van der Waals surface area contributed by atoms with Gasteiger partial charge in [0.05, 0.1) is 19.6 Å². The Morgan fingerprint density at radius 2 is 2.26 bits per heavy atom. The lowest BCUT2D eigenvalue weighted by Gasteiger charge is -2.26. The van der Waals surface area contributed by atoms with Crippen molar-refractivity contribution in [3.8, 4) is 28.7 Å². The van der Waals surface area contributed by atoms with E-state index in [1.54, 1.807) is 13.0 Å². The Bertz CT molecular complexity index is 934. The van der Waals surface area contributed by atoms with Crippen LogP contribution in [0.5, 0.6) is 11.5 Å². The summed E-state index contributed by atoms with van der Waals surface area (Å²) < 4.78 is 10.6. The molecule has 0 unspecified atom stereocenters. The number of hydrogen-bond acceptors (Lipinski definition) is 7. The summed E-state index contributed by atoms with van der Waals surface area (Å²) in [5, 5.41) is 19.5. The van der Waals surface area contributed by atoms with Crippen molar-refractivity contribution in [2.24, 2.45) is 5.92 Å². The number of aromatic hydroxyl groups is 1. The molecule has 0 saturated carbocycles. The first-order valence-corrected chi connectivity index (χ1v) is 8.75. The van der Waals surface area contributed by atoms with Crippen molar-refractivity contribution in [1.29, 1.82) is 5.26 Å². The first-order valence-electron chi connectivity index (χ1n) is 8.75. The molecule has 1 heterocycles. The van der Waals surface area contributed by atoms with Crippen LogP contribution in [0.25, 0.3) is 11.1 Å². The summed E-state index contributed by atoms with van der Waals surface area (Å²) in [6.07, 6.45) is 1.61. The summed E-state index contributed by atoms with van der Waals surface area (Å²) in [4.78, 5) is 16.7. The topological polar surface area (TPSA) is 118 Å². The van der Waals surface area contributed by atoms with Crippen LogP contribution >= 0.6 is 0 Å². The number of carbonyl (C=O) groups excluding carboxylic acids is 1. The average Bonchev–Trinajstić information content (AvgIpc) is 2.66. The summed E-state index contributed by atoms with van der Waals surface area (Å²) in [5.41, 5.74) is 9.08. The molecule has 0 aliphatic heterocycles. The molecule has 7 nitrogen and oxygen atoms in total. The lowest BCUT2D eigenvalue weighted by Crippen LogP contribution is -2.26. The number of nitriles is 1. The molecule has 7 heteroatoms. The maximum absolute atomic E-state index is 12.3. The van der Waals surface area contributed by atoms with Gasteiger partial charge in [0.2, 0.25) is 0 Å². The standard InChI is InChI=1S/C20H21N3O4/c1-3-27-20(25)11-4-7-16-14(8-11)18(15(10-21)19(22)23-16)13-6-5-12(24)9-17(13)26-2/h5-6,9,11,24H,3-4,7-8H2,1-2H3,(H2,22,23)/t11-/m0/s1. The number of rotatable bonds is 4. The number of ether oxygens (including phenoxy) is 2. The Balaban J connectivity index is 2.21. The van der Waals surface area contributed by atoms with E-state index >= 15 is 0 Å². The summed E-state index contributed by atoms with van der Waals surface area (Å²) in [6.45, 7) is 2.10. The molecule has 1 aliphatic rings. The van der Waals surface area contributed by atoms with Crippen LogP contribution < -0.4 is 10.5 Å². The van der Waals surface area contributed by atoms with Crippen molar-refractivity contribution in [2.45, 2.75) is 26.2 Å². The molecule has 1 aromatic heterocycles. The molecule has 1 aliphatic carbocycles. The molecular formula is C20H21N3O4. The first kappa shape index (κ1) is 18.5. The fourth-order valence-electron chi connectivity index (χ4n) is 3.54. The predicted molar refractivity (Wildman–Crippen MR) is 99.2 cm³/mol. The van der Waals surface area contributed by atoms with E-state index in [1.807, 2.05) is 0 Å². The number of pyridine rings is 1. The fraction of sp³-hybridized carbons (Fsp3) is 0.350. The number of benzene rings is 1. The molecule has 0 fully saturated rings. The Morgan fingerprint density at radius 1 is 1.48 bits per heavy atom. The number of nitrogen functional groups attached to an aromatic ring is 1. The van der Waals surface area contributed by atoms with E-state index in [0.29, 0.717) is 42.7 Å². The van der Waals surface area contributed by atoms with Gasteiger partial charge in [-0.05, 0) is 43.9 Å². The second-order valence-electron chi connectivity index (χ2n) is 6.36. The lowest BCUT2D eigenvalue weighted by atomic mass is 9.81. The number of phenols is 1. The zero-order chi connectivity index (χ0) is 19.6.